The van der Waals surface area contributed by atoms with Gasteiger partial charge in [0, 0.05) is 12.6 Å². The molecule has 1 aromatic carbocycles. The molecule has 0 spiro atoms. The number of hydrogen-bond acceptors (Lipinski definition) is 4. The van der Waals surface area contributed by atoms with E-state index in [2.05, 4.69) is 5.32 Å². The maximum absolute atomic E-state index is 13.4. The first-order valence-electron chi connectivity index (χ1n) is 7.28. The molecule has 2 rings (SSSR count). The van der Waals surface area contributed by atoms with Gasteiger partial charge in [-0.1, -0.05) is 18.2 Å². The van der Waals surface area contributed by atoms with Crippen molar-refractivity contribution in [1.29, 1.82) is 0 Å². The number of halogens is 1. The highest BCUT2D eigenvalue weighted by atomic mass is 32.2. The maximum atomic E-state index is 13.4. The van der Waals surface area contributed by atoms with Gasteiger partial charge >= 0.3 is 0 Å². The number of benzene rings is 1. The van der Waals surface area contributed by atoms with Crippen LogP contribution in [0.3, 0.4) is 0 Å². The topological polar surface area (TPSA) is 66.5 Å². The van der Waals surface area contributed by atoms with Crippen molar-refractivity contribution in [2.75, 3.05) is 31.6 Å². The lowest BCUT2D eigenvalue weighted by Crippen LogP contribution is -2.41. The number of nitrogens with zero attached hydrogens (tertiary/aromatic N) is 1. The summed E-state index contributed by atoms with van der Waals surface area (Å²) in [6.07, 6.45) is 1.00. The van der Waals surface area contributed by atoms with Gasteiger partial charge in [0.1, 0.15) is 5.82 Å². The minimum absolute atomic E-state index is 0.0951. The molecule has 7 heteroatoms. The number of likely N-dealkylation sites (N-methyl/N-ethyl adjacent to an activating group) is 1. The molecule has 1 aliphatic heterocycles. The van der Waals surface area contributed by atoms with E-state index in [1.165, 1.54) is 6.07 Å². The van der Waals surface area contributed by atoms with Crippen molar-refractivity contribution in [3.63, 3.8) is 0 Å². The minimum atomic E-state index is -2.95. The van der Waals surface area contributed by atoms with Crippen LogP contribution < -0.4 is 5.32 Å². The van der Waals surface area contributed by atoms with Crippen molar-refractivity contribution < 1.29 is 17.6 Å². The summed E-state index contributed by atoms with van der Waals surface area (Å²) in [6, 6.07) is 6.38. The van der Waals surface area contributed by atoms with Crippen LogP contribution in [0.25, 0.3) is 0 Å². The zero-order chi connectivity index (χ0) is 16.2. The summed E-state index contributed by atoms with van der Waals surface area (Å²) >= 11 is 0. The smallest absolute Gasteiger partial charge is 0.234 e. The lowest BCUT2D eigenvalue weighted by Gasteiger charge is -2.22. The fraction of sp³-hybridized carbons (Fsp3) is 0.533. The van der Waals surface area contributed by atoms with Gasteiger partial charge in [-0.05, 0) is 31.5 Å². The molecular weight excluding hydrogens is 307 g/mol. The van der Waals surface area contributed by atoms with Crippen LogP contribution in [0.5, 0.6) is 0 Å². The summed E-state index contributed by atoms with van der Waals surface area (Å²) in [5.74, 6) is -0.142. The largest absolute Gasteiger partial charge is 0.355 e. The van der Waals surface area contributed by atoms with Crippen molar-refractivity contribution in [1.82, 2.24) is 10.2 Å². The van der Waals surface area contributed by atoms with E-state index in [-0.39, 0.29) is 35.8 Å². The molecule has 1 heterocycles. The van der Waals surface area contributed by atoms with Crippen molar-refractivity contribution in [2.45, 2.75) is 18.9 Å². The highest BCUT2D eigenvalue weighted by Gasteiger charge is 2.31. The average Bonchev–Trinajstić information content (AvgIpc) is 2.81. The number of hydrogen-bond donors (Lipinski definition) is 1. The molecule has 1 fully saturated rings. The van der Waals surface area contributed by atoms with Crippen LogP contribution in [-0.4, -0.2) is 56.9 Å². The Morgan fingerprint density at radius 2 is 2.14 bits per heavy atom. The number of carbonyl (C=O) groups is 1. The van der Waals surface area contributed by atoms with Crippen molar-refractivity contribution in [3.05, 3.63) is 35.6 Å². The molecule has 1 saturated heterocycles. The molecule has 0 saturated carbocycles. The summed E-state index contributed by atoms with van der Waals surface area (Å²) in [7, 11) is -1.20. The Morgan fingerprint density at radius 3 is 2.77 bits per heavy atom. The molecule has 0 bridgehead atoms. The summed E-state index contributed by atoms with van der Waals surface area (Å²) in [4.78, 5) is 13.6. The summed E-state index contributed by atoms with van der Waals surface area (Å²) < 4.78 is 36.3. The van der Waals surface area contributed by atoms with Gasteiger partial charge in [0.05, 0.1) is 18.1 Å². The maximum Gasteiger partial charge on any atom is 0.234 e. The zero-order valence-corrected chi connectivity index (χ0v) is 13.4. The quantitative estimate of drug-likeness (QED) is 0.831. The number of sulfone groups is 1. The second-order valence-corrected chi connectivity index (χ2v) is 7.89. The van der Waals surface area contributed by atoms with E-state index in [1.54, 1.807) is 30.1 Å². The second kappa shape index (κ2) is 7.19. The first kappa shape index (κ1) is 16.9. The van der Waals surface area contributed by atoms with Crippen molar-refractivity contribution >= 4 is 15.7 Å². The van der Waals surface area contributed by atoms with E-state index in [9.17, 15) is 17.6 Å². The van der Waals surface area contributed by atoms with E-state index in [1.807, 2.05) is 0 Å². The van der Waals surface area contributed by atoms with Crippen LogP contribution in [0, 0.1) is 5.82 Å². The highest BCUT2D eigenvalue weighted by Crippen LogP contribution is 2.16. The third kappa shape index (κ3) is 4.78. The minimum Gasteiger partial charge on any atom is -0.355 e. The van der Waals surface area contributed by atoms with Crippen LogP contribution >= 0.6 is 0 Å². The molecule has 1 unspecified atom stereocenters. The van der Waals surface area contributed by atoms with E-state index in [0.29, 0.717) is 24.9 Å². The van der Waals surface area contributed by atoms with Crippen LogP contribution in [-0.2, 0) is 21.1 Å². The number of carbonyl (C=O) groups excluding carboxylic acids is 1. The third-order valence-electron chi connectivity index (χ3n) is 3.90. The Balaban J connectivity index is 1.73. The molecule has 1 aliphatic rings. The molecule has 1 amide bonds. The molecule has 1 aromatic rings. The van der Waals surface area contributed by atoms with Gasteiger partial charge in [0.25, 0.3) is 0 Å². The number of amides is 1. The van der Waals surface area contributed by atoms with Gasteiger partial charge < -0.3 is 5.32 Å². The third-order valence-corrected chi connectivity index (χ3v) is 5.65. The molecule has 1 atom stereocenters. The van der Waals surface area contributed by atoms with E-state index in [4.69, 9.17) is 0 Å². The molecule has 5 nitrogen and oxygen atoms in total. The normalized spacial score (nSPS) is 20.2. The number of rotatable bonds is 6. The molecule has 122 valence electrons. The molecular formula is C15H21FN2O3S. The van der Waals surface area contributed by atoms with Gasteiger partial charge in [0.2, 0.25) is 5.91 Å². The fourth-order valence-corrected chi connectivity index (χ4v) is 4.38. The van der Waals surface area contributed by atoms with Gasteiger partial charge in [0.15, 0.2) is 9.84 Å². The summed E-state index contributed by atoms with van der Waals surface area (Å²) in [6.45, 7) is 0.508. The van der Waals surface area contributed by atoms with Crippen LogP contribution in [0.15, 0.2) is 24.3 Å². The molecule has 1 N–H and O–H groups in total. The van der Waals surface area contributed by atoms with E-state index < -0.39 is 9.84 Å². The second-order valence-electron chi connectivity index (χ2n) is 5.66. The van der Waals surface area contributed by atoms with Crippen LogP contribution in [0.2, 0.25) is 0 Å². The van der Waals surface area contributed by atoms with E-state index >= 15 is 0 Å². The van der Waals surface area contributed by atoms with Crippen molar-refractivity contribution in [3.8, 4) is 0 Å². The Hall–Kier alpha value is -1.47. The van der Waals surface area contributed by atoms with Gasteiger partial charge in [-0.25, -0.2) is 12.8 Å². The fourth-order valence-electron chi connectivity index (χ4n) is 2.57. The first-order valence-corrected chi connectivity index (χ1v) is 9.10. The lowest BCUT2D eigenvalue weighted by atomic mass is 10.1. The van der Waals surface area contributed by atoms with Gasteiger partial charge in [-0.3, -0.25) is 9.69 Å². The van der Waals surface area contributed by atoms with Crippen LogP contribution in [0.1, 0.15) is 12.0 Å². The Bertz CT molecular complexity index is 633. The molecule has 0 aromatic heterocycles. The molecule has 0 radical (unpaired) electrons. The zero-order valence-electron chi connectivity index (χ0n) is 12.6. The van der Waals surface area contributed by atoms with Gasteiger partial charge in [-0.2, -0.15) is 0 Å². The highest BCUT2D eigenvalue weighted by molar-refractivity contribution is 7.91. The Kier molecular flexibility index (Phi) is 5.52. The van der Waals surface area contributed by atoms with Crippen molar-refractivity contribution in [2.24, 2.45) is 0 Å². The first-order chi connectivity index (χ1) is 10.4. The molecule has 22 heavy (non-hydrogen) atoms. The monoisotopic (exact) mass is 328 g/mol. The summed E-state index contributed by atoms with van der Waals surface area (Å²) in [5, 5.41) is 2.74. The SMILES string of the molecule is CN(CC(=O)NCCc1ccccc1F)C1CCS(=O)(=O)C1. The standard InChI is InChI=1S/C15H21FN2O3S/c1-18(13-7-9-22(20,21)11-13)10-15(19)17-8-6-12-4-2-3-5-14(12)16/h2-5,13H,6-11H2,1H3,(H,17,19). The lowest BCUT2D eigenvalue weighted by molar-refractivity contribution is -0.122. The summed E-state index contributed by atoms with van der Waals surface area (Å²) in [5.41, 5.74) is 0.568. The Labute approximate surface area is 130 Å². The predicted molar refractivity (Wildman–Crippen MR) is 82.8 cm³/mol. The average molecular weight is 328 g/mol. The van der Waals surface area contributed by atoms with Crippen LogP contribution in [0.4, 0.5) is 4.39 Å². The predicted octanol–water partition coefficient (Wildman–Crippen LogP) is 0.603. The van der Waals surface area contributed by atoms with E-state index in [0.717, 1.165) is 0 Å². The number of nitrogens with one attached hydrogen (secondary N) is 1. The Morgan fingerprint density at radius 1 is 1.41 bits per heavy atom. The van der Waals surface area contributed by atoms with Gasteiger partial charge in [-0.15, -0.1) is 0 Å². The molecule has 0 aliphatic carbocycles.